The first kappa shape index (κ1) is 21.8. The van der Waals surface area contributed by atoms with Gasteiger partial charge in [0.1, 0.15) is 42.3 Å². The van der Waals surface area contributed by atoms with E-state index in [4.69, 9.17) is 14.2 Å². The number of para-hydroxylation sites is 2. The predicted molar refractivity (Wildman–Crippen MR) is 99.7 cm³/mol. The maximum Gasteiger partial charge on any atom is 0.342 e. The van der Waals surface area contributed by atoms with E-state index in [1.54, 1.807) is 12.1 Å². The number of hydrogen-bond donors (Lipinski definition) is 6. The van der Waals surface area contributed by atoms with E-state index in [1.165, 1.54) is 30.3 Å². The Hall–Kier alpha value is -2.89. The zero-order chi connectivity index (χ0) is 21.8. The van der Waals surface area contributed by atoms with E-state index in [1.807, 2.05) is 0 Å². The summed E-state index contributed by atoms with van der Waals surface area (Å²) in [7, 11) is 0. The fourth-order valence-electron chi connectivity index (χ4n) is 2.97. The lowest BCUT2D eigenvalue weighted by Crippen LogP contribution is -2.60. The largest absolute Gasteiger partial charge is 0.507 e. The van der Waals surface area contributed by atoms with Crippen LogP contribution in [0.4, 0.5) is 0 Å². The van der Waals surface area contributed by atoms with Crippen molar-refractivity contribution >= 4 is 5.97 Å². The summed E-state index contributed by atoms with van der Waals surface area (Å²) >= 11 is 0. The monoisotopic (exact) mass is 422 g/mol. The zero-order valence-electron chi connectivity index (χ0n) is 15.7. The molecule has 0 radical (unpaired) electrons. The Morgan fingerprint density at radius 3 is 2.33 bits per heavy atom. The number of rotatable bonds is 6. The molecule has 0 spiro atoms. The maximum atomic E-state index is 12.2. The second-order valence-electron chi connectivity index (χ2n) is 6.67. The molecule has 1 saturated heterocycles. The van der Waals surface area contributed by atoms with Crippen LogP contribution >= 0.6 is 0 Å². The second kappa shape index (κ2) is 9.28. The number of ether oxygens (including phenoxy) is 3. The van der Waals surface area contributed by atoms with E-state index < -0.39 is 43.3 Å². The zero-order valence-corrected chi connectivity index (χ0v) is 15.7. The normalized spacial score (nSPS) is 26.2. The number of carbonyl (C=O) groups excluding carboxylic acids is 1. The van der Waals surface area contributed by atoms with Crippen LogP contribution in [0.3, 0.4) is 0 Å². The summed E-state index contributed by atoms with van der Waals surface area (Å²) < 4.78 is 15.9. The van der Waals surface area contributed by atoms with Crippen molar-refractivity contribution in [1.82, 2.24) is 0 Å². The molecule has 1 aliphatic rings. The number of carbonyl (C=O) groups is 1. The summed E-state index contributed by atoms with van der Waals surface area (Å²) in [5.74, 6) is -1.61. The van der Waals surface area contributed by atoms with Gasteiger partial charge in [0.15, 0.2) is 11.5 Å². The molecular weight excluding hydrogens is 400 g/mol. The standard InChI is InChI=1S/C20H22O10/c21-8-14-15(24)16(25)17(26)20(29-14)30-18-10(4-3-7-13(18)23)9-28-19(27)11-5-1-2-6-12(11)22/h1-7,14-17,20-26H,8-9H2. The third-order valence-corrected chi connectivity index (χ3v) is 4.64. The van der Waals surface area contributed by atoms with E-state index in [9.17, 15) is 35.4 Å². The Kier molecular flexibility index (Phi) is 6.75. The van der Waals surface area contributed by atoms with Gasteiger partial charge < -0.3 is 44.8 Å². The van der Waals surface area contributed by atoms with Gasteiger partial charge in [-0.25, -0.2) is 4.79 Å². The minimum absolute atomic E-state index is 0.0472. The Bertz CT molecular complexity index is 884. The van der Waals surface area contributed by atoms with Crippen LogP contribution in [-0.4, -0.2) is 73.9 Å². The summed E-state index contributed by atoms with van der Waals surface area (Å²) in [4.78, 5) is 12.2. The molecule has 5 unspecified atom stereocenters. The lowest BCUT2D eigenvalue weighted by atomic mass is 9.99. The number of phenolic OH excluding ortho intramolecular Hbond substituents is 2. The van der Waals surface area contributed by atoms with E-state index in [2.05, 4.69) is 0 Å². The quantitative estimate of drug-likeness (QED) is 0.338. The van der Waals surface area contributed by atoms with Gasteiger partial charge >= 0.3 is 5.97 Å². The minimum Gasteiger partial charge on any atom is -0.507 e. The molecule has 1 aliphatic heterocycles. The van der Waals surface area contributed by atoms with Crippen molar-refractivity contribution in [2.45, 2.75) is 37.3 Å². The van der Waals surface area contributed by atoms with Crippen LogP contribution in [0.5, 0.6) is 17.2 Å². The van der Waals surface area contributed by atoms with E-state index >= 15 is 0 Å². The van der Waals surface area contributed by atoms with Gasteiger partial charge in [0.05, 0.1) is 6.61 Å². The molecule has 5 atom stereocenters. The van der Waals surface area contributed by atoms with E-state index in [-0.39, 0.29) is 35.0 Å². The van der Waals surface area contributed by atoms with Gasteiger partial charge in [0, 0.05) is 5.56 Å². The number of hydrogen-bond acceptors (Lipinski definition) is 10. The smallest absolute Gasteiger partial charge is 0.342 e. The molecule has 1 heterocycles. The molecule has 10 nitrogen and oxygen atoms in total. The first-order chi connectivity index (χ1) is 14.3. The van der Waals surface area contributed by atoms with Crippen molar-refractivity contribution in [3.63, 3.8) is 0 Å². The van der Waals surface area contributed by atoms with Gasteiger partial charge in [-0.05, 0) is 18.2 Å². The molecule has 2 aromatic carbocycles. The lowest BCUT2D eigenvalue weighted by Gasteiger charge is -2.39. The van der Waals surface area contributed by atoms with Crippen molar-refractivity contribution < 1.29 is 49.6 Å². The summed E-state index contributed by atoms with van der Waals surface area (Å²) in [5, 5.41) is 59.0. The molecule has 0 saturated carbocycles. The molecule has 0 amide bonds. The minimum atomic E-state index is -1.68. The molecule has 6 N–H and O–H groups in total. The SMILES string of the molecule is O=C(OCc1cccc(O)c1OC1OC(CO)C(O)C(O)C1O)c1ccccc1O. The molecule has 162 valence electrons. The van der Waals surface area contributed by atoms with Gasteiger partial charge in [0.25, 0.3) is 0 Å². The number of aliphatic hydroxyl groups is 4. The van der Waals surface area contributed by atoms with Gasteiger partial charge in [-0.2, -0.15) is 0 Å². The average Bonchev–Trinajstić information content (AvgIpc) is 2.74. The molecular formula is C20H22O10. The molecule has 1 fully saturated rings. The highest BCUT2D eigenvalue weighted by Crippen LogP contribution is 2.34. The third kappa shape index (κ3) is 4.48. The van der Waals surface area contributed by atoms with Gasteiger partial charge in [-0.15, -0.1) is 0 Å². The van der Waals surface area contributed by atoms with Gasteiger partial charge in [0.2, 0.25) is 6.29 Å². The first-order valence-corrected chi connectivity index (χ1v) is 9.06. The fourth-order valence-corrected chi connectivity index (χ4v) is 2.97. The van der Waals surface area contributed by atoms with Crippen LogP contribution in [0, 0.1) is 0 Å². The fraction of sp³-hybridized carbons (Fsp3) is 0.350. The average molecular weight is 422 g/mol. The highest BCUT2D eigenvalue weighted by molar-refractivity contribution is 5.92. The number of benzene rings is 2. The lowest BCUT2D eigenvalue weighted by molar-refractivity contribution is -0.277. The Morgan fingerprint density at radius 1 is 0.933 bits per heavy atom. The van der Waals surface area contributed by atoms with Crippen molar-refractivity contribution in [2.24, 2.45) is 0 Å². The number of phenols is 2. The highest BCUT2D eigenvalue weighted by Gasteiger charge is 2.45. The van der Waals surface area contributed by atoms with Crippen molar-refractivity contribution in [3.05, 3.63) is 53.6 Å². The second-order valence-corrected chi connectivity index (χ2v) is 6.67. The Morgan fingerprint density at radius 2 is 1.63 bits per heavy atom. The molecule has 30 heavy (non-hydrogen) atoms. The molecule has 2 aromatic rings. The van der Waals surface area contributed by atoms with E-state index in [0.717, 1.165) is 0 Å². The molecule has 10 heteroatoms. The van der Waals surface area contributed by atoms with Crippen LogP contribution in [0.2, 0.25) is 0 Å². The Balaban J connectivity index is 1.76. The van der Waals surface area contributed by atoms with Crippen LogP contribution < -0.4 is 4.74 Å². The third-order valence-electron chi connectivity index (χ3n) is 4.64. The summed E-state index contributed by atoms with van der Waals surface area (Å²) in [6, 6.07) is 10.1. The molecule has 0 bridgehead atoms. The van der Waals surface area contributed by atoms with Gasteiger partial charge in [-0.1, -0.05) is 24.3 Å². The predicted octanol–water partition coefficient (Wildman–Crippen LogP) is -0.367. The van der Waals surface area contributed by atoms with Crippen LogP contribution in [-0.2, 0) is 16.1 Å². The first-order valence-electron chi connectivity index (χ1n) is 9.06. The van der Waals surface area contributed by atoms with Crippen LogP contribution in [0.25, 0.3) is 0 Å². The van der Waals surface area contributed by atoms with Crippen molar-refractivity contribution in [1.29, 1.82) is 0 Å². The maximum absolute atomic E-state index is 12.2. The summed E-state index contributed by atoms with van der Waals surface area (Å²) in [5.41, 5.74) is 0.157. The number of aliphatic hydroxyl groups excluding tert-OH is 4. The van der Waals surface area contributed by atoms with E-state index in [0.29, 0.717) is 0 Å². The number of esters is 1. The van der Waals surface area contributed by atoms with Crippen LogP contribution in [0.1, 0.15) is 15.9 Å². The molecule has 0 aromatic heterocycles. The number of aromatic hydroxyl groups is 2. The molecule has 0 aliphatic carbocycles. The van der Waals surface area contributed by atoms with Crippen molar-refractivity contribution in [2.75, 3.05) is 6.61 Å². The van der Waals surface area contributed by atoms with Gasteiger partial charge in [-0.3, -0.25) is 0 Å². The molecule has 3 rings (SSSR count). The Labute approximate surface area is 171 Å². The summed E-state index contributed by atoms with van der Waals surface area (Å²) in [6.45, 7) is -0.995. The highest BCUT2D eigenvalue weighted by atomic mass is 16.7. The van der Waals surface area contributed by atoms with Crippen LogP contribution in [0.15, 0.2) is 42.5 Å². The summed E-state index contributed by atoms with van der Waals surface area (Å²) in [6.07, 6.45) is -7.62. The van der Waals surface area contributed by atoms with Crippen molar-refractivity contribution in [3.8, 4) is 17.2 Å². The topological polar surface area (TPSA) is 166 Å².